The molecule has 0 radical (unpaired) electrons. The molecule has 0 aromatic heterocycles. The minimum absolute atomic E-state index is 0.121. The van der Waals surface area contributed by atoms with Gasteiger partial charge in [0.2, 0.25) is 0 Å². The van der Waals surface area contributed by atoms with Gasteiger partial charge in [-0.05, 0) is 40.0 Å². The van der Waals surface area contributed by atoms with Gasteiger partial charge < -0.3 is 10.6 Å². The molecule has 2 atom stereocenters. The highest BCUT2D eigenvalue weighted by Gasteiger charge is 2.56. The van der Waals surface area contributed by atoms with Crippen LogP contribution in [0.5, 0.6) is 0 Å². The van der Waals surface area contributed by atoms with Crippen LogP contribution in [0, 0.1) is 0 Å². The van der Waals surface area contributed by atoms with Crippen LogP contribution in [0.15, 0.2) is 0 Å². The van der Waals surface area contributed by atoms with Crippen molar-refractivity contribution in [2.45, 2.75) is 89.3 Å². The van der Waals surface area contributed by atoms with Crippen molar-refractivity contribution in [3.05, 3.63) is 0 Å². The number of hydrogen-bond donors (Lipinski definition) is 3. The number of rotatable bonds is 5. The third kappa shape index (κ3) is 3.57. The Bertz CT molecular complexity index is 435. The summed E-state index contributed by atoms with van der Waals surface area (Å²) in [5.41, 5.74) is -1.04. The summed E-state index contributed by atoms with van der Waals surface area (Å²) in [6.07, 6.45) is 7.16. The number of nitrogens with one attached hydrogen (secondary N) is 3. The molecule has 3 N–H and O–H groups in total. The molecule has 3 amide bonds. The first-order chi connectivity index (χ1) is 9.70. The van der Waals surface area contributed by atoms with E-state index in [1.54, 1.807) is 0 Å². The summed E-state index contributed by atoms with van der Waals surface area (Å²) in [4.78, 5) is 23.9. The predicted octanol–water partition coefficient (Wildman–Crippen LogP) is 2.46. The van der Waals surface area contributed by atoms with Gasteiger partial charge in [0.15, 0.2) is 0 Å². The minimum atomic E-state index is -0.745. The molecule has 2 unspecified atom stereocenters. The van der Waals surface area contributed by atoms with Gasteiger partial charge in [0.05, 0.1) is 0 Å². The normalized spacial score (nSPS) is 34.9. The van der Waals surface area contributed by atoms with Gasteiger partial charge in [-0.2, -0.15) is 0 Å². The lowest BCUT2D eigenvalue weighted by molar-refractivity contribution is -0.127. The van der Waals surface area contributed by atoms with Crippen molar-refractivity contribution in [3.63, 3.8) is 0 Å². The van der Waals surface area contributed by atoms with Gasteiger partial charge in [-0.3, -0.25) is 10.1 Å². The van der Waals surface area contributed by atoms with Crippen molar-refractivity contribution in [3.8, 4) is 0 Å². The molecule has 120 valence electrons. The molecule has 21 heavy (non-hydrogen) atoms. The molecule has 2 aliphatic rings. The second-order valence-electron chi connectivity index (χ2n) is 7.72. The number of piperidine rings is 1. The lowest BCUT2D eigenvalue weighted by atomic mass is 9.68. The summed E-state index contributed by atoms with van der Waals surface area (Å²) >= 11 is 0. The van der Waals surface area contributed by atoms with Crippen LogP contribution in [0.2, 0.25) is 0 Å². The lowest BCUT2D eigenvalue weighted by Gasteiger charge is -2.51. The molecule has 5 heteroatoms. The van der Waals surface area contributed by atoms with E-state index in [9.17, 15) is 9.59 Å². The zero-order chi connectivity index (χ0) is 15.7. The molecular weight excluding hydrogens is 266 g/mol. The standard InChI is InChI=1S/C16H29N3O2/c1-5-6-7-8-9-15(4)11-16(10-14(2,3)19-15)12(20)17-13(21)18-16/h19H,5-11H2,1-4H3,(H2,17,18,20,21). The van der Waals surface area contributed by atoms with E-state index in [-0.39, 0.29) is 23.0 Å². The number of amides is 3. The quantitative estimate of drug-likeness (QED) is 0.539. The van der Waals surface area contributed by atoms with Gasteiger partial charge >= 0.3 is 6.03 Å². The highest BCUT2D eigenvalue weighted by atomic mass is 16.2. The van der Waals surface area contributed by atoms with Gasteiger partial charge in [-0.15, -0.1) is 0 Å². The molecule has 2 rings (SSSR count). The number of urea groups is 1. The van der Waals surface area contributed by atoms with Crippen LogP contribution < -0.4 is 16.0 Å². The van der Waals surface area contributed by atoms with Crippen molar-refractivity contribution in [1.29, 1.82) is 0 Å². The Balaban J connectivity index is 2.12. The summed E-state index contributed by atoms with van der Waals surface area (Å²) in [6.45, 7) is 8.60. The topological polar surface area (TPSA) is 70.2 Å². The zero-order valence-electron chi connectivity index (χ0n) is 13.8. The Morgan fingerprint density at radius 1 is 1.05 bits per heavy atom. The monoisotopic (exact) mass is 295 g/mol. The number of unbranched alkanes of at least 4 members (excludes halogenated alkanes) is 3. The second-order valence-corrected chi connectivity index (χ2v) is 7.72. The van der Waals surface area contributed by atoms with Crippen LogP contribution in [0.25, 0.3) is 0 Å². The third-order valence-corrected chi connectivity index (χ3v) is 4.67. The third-order valence-electron chi connectivity index (χ3n) is 4.67. The molecule has 2 heterocycles. The molecule has 1 spiro atoms. The number of hydrogen-bond acceptors (Lipinski definition) is 3. The van der Waals surface area contributed by atoms with Crippen LogP contribution in [0.1, 0.15) is 72.6 Å². The summed E-state index contributed by atoms with van der Waals surface area (Å²) in [5.74, 6) is -0.165. The maximum Gasteiger partial charge on any atom is 0.322 e. The fourth-order valence-corrected chi connectivity index (χ4v) is 4.26. The number of carbonyl (C=O) groups excluding carboxylic acids is 2. The molecular formula is C16H29N3O2. The van der Waals surface area contributed by atoms with E-state index in [2.05, 4.69) is 43.6 Å². The maximum atomic E-state index is 12.3. The van der Waals surface area contributed by atoms with Crippen molar-refractivity contribution in [2.75, 3.05) is 0 Å². The number of carbonyl (C=O) groups is 2. The Morgan fingerprint density at radius 3 is 2.33 bits per heavy atom. The zero-order valence-corrected chi connectivity index (χ0v) is 13.8. The Hall–Kier alpha value is -1.10. The Kier molecular flexibility index (Phi) is 4.34. The number of imide groups is 1. The van der Waals surface area contributed by atoms with E-state index in [1.807, 2.05) is 0 Å². The average molecular weight is 295 g/mol. The van der Waals surface area contributed by atoms with E-state index < -0.39 is 5.54 Å². The smallest absolute Gasteiger partial charge is 0.322 e. The van der Waals surface area contributed by atoms with E-state index in [4.69, 9.17) is 0 Å². The molecule has 0 aliphatic carbocycles. The average Bonchev–Trinajstić information content (AvgIpc) is 2.56. The van der Waals surface area contributed by atoms with Gasteiger partial charge in [0, 0.05) is 11.1 Å². The highest BCUT2D eigenvalue weighted by Crippen LogP contribution is 2.40. The SMILES string of the molecule is CCCCCCC1(C)CC2(CC(C)(C)N1)NC(=O)NC2=O. The van der Waals surface area contributed by atoms with E-state index in [0.29, 0.717) is 12.8 Å². The van der Waals surface area contributed by atoms with E-state index >= 15 is 0 Å². The second kappa shape index (κ2) is 5.59. The van der Waals surface area contributed by atoms with Crippen LogP contribution in [-0.4, -0.2) is 28.6 Å². The van der Waals surface area contributed by atoms with Crippen molar-refractivity contribution < 1.29 is 9.59 Å². The fraction of sp³-hybridized carbons (Fsp3) is 0.875. The highest BCUT2D eigenvalue weighted by molar-refractivity contribution is 6.07. The first-order valence-corrected chi connectivity index (χ1v) is 8.13. The van der Waals surface area contributed by atoms with Crippen LogP contribution in [0.4, 0.5) is 4.79 Å². The summed E-state index contributed by atoms with van der Waals surface area (Å²) in [5, 5.41) is 9.01. The van der Waals surface area contributed by atoms with Gasteiger partial charge in [-0.1, -0.05) is 32.6 Å². The molecule has 0 aromatic carbocycles. The van der Waals surface area contributed by atoms with E-state index in [1.165, 1.54) is 19.3 Å². The summed E-state index contributed by atoms with van der Waals surface area (Å²) in [7, 11) is 0. The predicted molar refractivity (Wildman–Crippen MR) is 83.0 cm³/mol. The van der Waals surface area contributed by atoms with Crippen LogP contribution in [0.3, 0.4) is 0 Å². The molecule has 2 fully saturated rings. The maximum absolute atomic E-state index is 12.3. The largest absolute Gasteiger partial charge is 0.323 e. The molecule has 2 saturated heterocycles. The Morgan fingerprint density at radius 2 is 1.76 bits per heavy atom. The molecule has 0 saturated carbocycles. The van der Waals surface area contributed by atoms with Crippen molar-refractivity contribution in [2.24, 2.45) is 0 Å². The fourth-order valence-electron chi connectivity index (χ4n) is 4.26. The van der Waals surface area contributed by atoms with Crippen molar-refractivity contribution in [1.82, 2.24) is 16.0 Å². The minimum Gasteiger partial charge on any atom is -0.323 e. The first kappa shape index (κ1) is 16.3. The summed E-state index contributed by atoms with van der Waals surface area (Å²) < 4.78 is 0. The van der Waals surface area contributed by atoms with Gasteiger partial charge in [0.25, 0.3) is 5.91 Å². The van der Waals surface area contributed by atoms with Gasteiger partial charge in [-0.25, -0.2) is 4.79 Å². The molecule has 2 aliphatic heterocycles. The van der Waals surface area contributed by atoms with E-state index in [0.717, 1.165) is 12.8 Å². The first-order valence-electron chi connectivity index (χ1n) is 8.13. The molecule has 5 nitrogen and oxygen atoms in total. The van der Waals surface area contributed by atoms with Gasteiger partial charge in [0.1, 0.15) is 5.54 Å². The van der Waals surface area contributed by atoms with Crippen LogP contribution >= 0.6 is 0 Å². The molecule has 0 aromatic rings. The Labute approximate surface area is 127 Å². The summed E-state index contributed by atoms with van der Waals surface area (Å²) in [6, 6.07) is -0.356. The van der Waals surface area contributed by atoms with Crippen LogP contribution in [-0.2, 0) is 4.79 Å². The lowest BCUT2D eigenvalue weighted by Crippen LogP contribution is -2.69. The molecule has 0 bridgehead atoms. The van der Waals surface area contributed by atoms with Crippen molar-refractivity contribution >= 4 is 11.9 Å².